The van der Waals surface area contributed by atoms with Gasteiger partial charge in [0.25, 0.3) is 0 Å². The molecule has 0 spiro atoms. The van der Waals surface area contributed by atoms with E-state index in [1.807, 2.05) is 0 Å². The van der Waals surface area contributed by atoms with Gasteiger partial charge in [-0.3, -0.25) is 0 Å². The Balaban J connectivity index is 1.91. The van der Waals surface area contributed by atoms with Crippen molar-refractivity contribution in [3.63, 3.8) is 0 Å². The summed E-state index contributed by atoms with van der Waals surface area (Å²) in [4.78, 5) is 2.27. The van der Waals surface area contributed by atoms with E-state index in [-0.39, 0.29) is 0 Å². The van der Waals surface area contributed by atoms with Crippen LogP contribution in [-0.4, -0.2) is 64.6 Å². The number of nitrogens with one attached hydrogen (secondary N) is 1. The number of nitrogens with zero attached hydrogens (tertiary/aromatic N) is 1. The van der Waals surface area contributed by atoms with Gasteiger partial charge in [-0.1, -0.05) is 0 Å². The molecule has 1 N–H and O–H groups in total. The molecule has 0 aliphatic carbocycles. The molecule has 0 aromatic rings. The van der Waals surface area contributed by atoms with Gasteiger partial charge in [-0.25, -0.2) is 0 Å². The molecule has 1 rings (SSSR count). The summed E-state index contributed by atoms with van der Waals surface area (Å²) in [6, 6.07) is 0.575. The summed E-state index contributed by atoms with van der Waals surface area (Å²) in [5, 5.41) is 3.48. The molecule has 0 bridgehead atoms. The molecule has 4 nitrogen and oxygen atoms in total. The lowest BCUT2D eigenvalue weighted by atomic mass is 10.2. The number of ether oxygens (including phenoxy) is 2. The van der Waals surface area contributed by atoms with Crippen molar-refractivity contribution >= 4 is 0 Å². The van der Waals surface area contributed by atoms with Crippen LogP contribution in [0.15, 0.2) is 0 Å². The Labute approximate surface area is 86.6 Å². The van der Waals surface area contributed by atoms with Gasteiger partial charge in [0.15, 0.2) is 0 Å². The van der Waals surface area contributed by atoms with Crippen LogP contribution in [0.25, 0.3) is 0 Å². The van der Waals surface area contributed by atoms with E-state index in [0.717, 1.165) is 45.9 Å². The average molecular weight is 202 g/mol. The lowest BCUT2D eigenvalue weighted by Gasteiger charge is -2.17. The Kier molecular flexibility index (Phi) is 6.10. The van der Waals surface area contributed by atoms with E-state index in [1.54, 1.807) is 7.11 Å². The Bertz CT molecular complexity index is 138. The highest BCUT2D eigenvalue weighted by Gasteiger charge is 2.13. The first-order valence-electron chi connectivity index (χ1n) is 5.31. The van der Waals surface area contributed by atoms with E-state index < -0.39 is 0 Å². The highest BCUT2D eigenvalue weighted by Crippen LogP contribution is 2.02. The van der Waals surface area contributed by atoms with Gasteiger partial charge in [-0.2, -0.15) is 0 Å². The predicted octanol–water partition coefficient (Wildman–Crippen LogP) is -0.0569. The smallest absolute Gasteiger partial charge is 0.0620 e. The lowest BCUT2D eigenvalue weighted by Crippen LogP contribution is -2.37. The van der Waals surface area contributed by atoms with Gasteiger partial charge in [0.2, 0.25) is 0 Å². The SMILES string of the molecule is COCCN(C)CCNC1CCOC1. The molecule has 1 aliphatic rings. The van der Waals surface area contributed by atoms with Gasteiger partial charge in [-0.05, 0) is 13.5 Å². The first-order valence-corrected chi connectivity index (χ1v) is 5.31. The number of hydrogen-bond acceptors (Lipinski definition) is 4. The summed E-state index contributed by atoms with van der Waals surface area (Å²) in [6.07, 6.45) is 1.15. The molecule has 0 amide bonds. The van der Waals surface area contributed by atoms with Crippen molar-refractivity contribution in [2.45, 2.75) is 12.5 Å². The summed E-state index contributed by atoms with van der Waals surface area (Å²) >= 11 is 0. The average Bonchev–Trinajstić information content (AvgIpc) is 2.67. The zero-order valence-electron chi connectivity index (χ0n) is 9.29. The van der Waals surface area contributed by atoms with Crippen LogP contribution < -0.4 is 5.32 Å². The maximum absolute atomic E-state index is 5.28. The molecule has 1 heterocycles. The van der Waals surface area contributed by atoms with Crippen molar-refractivity contribution in [3.05, 3.63) is 0 Å². The van der Waals surface area contributed by atoms with Crippen molar-refractivity contribution < 1.29 is 9.47 Å². The minimum absolute atomic E-state index is 0.575. The van der Waals surface area contributed by atoms with Gasteiger partial charge in [0.05, 0.1) is 13.2 Å². The van der Waals surface area contributed by atoms with E-state index in [2.05, 4.69) is 17.3 Å². The highest BCUT2D eigenvalue weighted by molar-refractivity contribution is 4.71. The zero-order valence-corrected chi connectivity index (χ0v) is 9.29. The van der Waals surface area contributed by atoms with Crippen LogP contribution in [-0.2, 0) is 9.47 Å². The van der Waals surface area contributed by atoms with Crippen molar-refractivity contribution in [3.8, 4) is 0 Å². The third-order valence-electron chi connectivity index (χ3n) is 2.53. The maximum Gasteiger partial charge on any atom is 0.0620 e. The Morgan fingerprint density at radius 2 is 2.36 bits per heavy atom. The number of methoxy groups -OCH3 is 1. The first-order chi connectivity index (χ1) is 6.83. The maximum atomic E-state index is 5.28. The second-order valence-electron chi connectivity index (χ2n) is 3.81. The fraction of sp³-hybridized carbons (Fsp3) is 1.00. The van der Waals surface area contributed by atoms with Gasteiger partial charge in [0, 0.05) is 39.4 Å². The second-order valence-corrected chi connectivity index (χ2v) is 3.81. The lowest BCUT2D eigenvalue weighted by molar-refractivity contribution is 0.160. The van der Waals surface area contributed by atoms with E-state index in [0.29, 0.717) is 6.04 Å². The van der Waals surface area contributed by atoms with E-state index >= 15 is 0 Å². The summed E-state index contributed by atoms with van der Waals surface area (Å²) in [6.45, 7) is 5.70. The molecule has 14 heavy (non-hydrogen) atoms. The van der Waals surface area contributed by atoms with Crippen molar-refractivity contribution in [1.82, 2.24) is 10.2 Å². The fourth-order valence-corrected chi connectivity index (χ4v) is 1.51. The Morgan fingerprint density at radius 1 is 1.50 bits per heavy atom. The summed E-state index contributed by atoms with van der Waals surface area (Å²) in [5.74, 6) is 0. The summed E-state index contributed by atoms with van der Waals surface area (Å²) < 4.78 is 10.3. The number of likely N-dealkylation sites (N-methyl/N-ethyl adjacent to an activating group) is 1. The third-order valence-corrected chi connectivity index (χ3v) is 2.53. The minimum Gasteiger partial charge on any atom is -0.383 e. The molecule has 1 aliphatic heterocycles. The van der Waals surface area contributed by atoms with Crippen LogP contribution >= 0.6 is 0 Å². The molecule has 1 fully saturated rings. The molecule has 0 saturated carbocycles. The van der Waals surface area contributed by atoms with Crippen molar-refractivity contribution in [1.29, 1.82) is 0 Å². The molecule has 1 saturated heterocycles. The van der Waals surface area contributed by atoms with Crippen LogP contribution in [0.4, 0.5) is 0 Å². The summed E-state index contributed by atoms with van der Waals surface area (Å²) in [5.41, 5.74) is 0. The predicted molar refractivity (Wildman–Crippen MR) is 56.6 cm³/mol. The first kappa shape index (κ1) is 11.9. The summed E-state index contributed by atoms with van der Waals surface area (Å²) in [7, 11) is 3.85. The Hall–Kier alpha value is -0.160. The largest absolute Gasteiger partial charge is 0.383 e. The molecular weight excluding hydrogens is 180 g/mol. The fourth-order valence-electron chi connectivity index (χ4n) is 1.51. The highest BCUT2D eigenvalue weighted by atomic mass is 16.5. The van der Waals surface area contributed by atoms with Crippen LogP contribution in [0.2, 0.25) is 0 Å². The van der Waals surface area contributed by atoms with Gasteiger partial charge in [0.1, 0.15) is 0 Å². The van der Waals surface area contributed by atoms with E-state index in [4.69, 9.17) is 9.47 Å². The topological polar surface area (TPSA) is 33.7 Å². The quantitative estimate of drug-likeness (QED) is 0.627. The Morgan fingerprint density at radius 3 is 3.00 bits per heavy atom. The molecule has 0 radical (unpaired) electrons. The zero-order chi connectivity index (χ0) is 10.2. The molecule has 1 atom stereocenters. The van der Waals surface area contributed by atoms with Gasteiger partial charge in [-0.15, -0.1) is 0 Å². The molecular formula is C10H22N2O2. The monoisotopic (exact) mass is 202 g/mol. The van der Waals surface area contributed by atoms with E-state index in [1.165, 1.54) is 0 Å². The van der Waals surface area contributed by atoms with Crippen molar-refractivity contribution in [2.24, 2.45) is 0 Å². The minimum atomic E-state index is 0.575. The number of hydrogen-bond donors (Lipinski definition) is 1. The number of rotatable bonds is 7. The molecule has 0 aromatic heterocycles. The van der Waals surface area contributed by atoms with Crippen LogP contribution in [0.1, 0.15) is 6.42 Å². The van der Waals surface area contributed by atoms with Gasteiger partial charge >= 0.3 is 0 Å². The van der Waals surface area contributed by atoms with Crippen molar-refractivity contribution in [2.75, 3.05) is 53.6 Å². The molecule has 84 valence electrons. The molecule has 4 heteroatoms. The van der Waals surface area contributed by atoms with Crippen LogP contribution in [0, 0.1) is 0 Å². The van der Waals surface area contributed by atoms with Gasteiger partial charge < -0.3 is 19.7 Å². The molecule has 0 aromatic carbocycles. The van der Waals surface area contributed by atoms with Crippen LogP contribution in [0.3, 0.4) is 0 Å². The normalized spacial score (nSPS) is 22.1. The molecule has 1 unspecified atom stereocenters. The second kappa shape index (κ2) is 7.17. The standard InChI is InChI=1S/C10H22N2O2/c1-12(6-8-13-2)5-4-11-10-3-7-14-9-10/h10-11H,3-9H2,1-2H3. The third kappa shape index (κ3) is 4.91. The van der Waals surface area contributed by atoms with Crippen LogP contribution in [0.5, 0.6) is 0 Å². The van der Waals surface area contributed by atoms with E-state index in [9.17, 15) is 0 Å².